The van der Waals surface area contributed by atoms with Crippen molar-refractivity contribution in [2.45, 2.75) is 0 Å². The molecule has 6 heteroatoms. The number of carboxylic acid groups (broad SMARTS) is 1. The van der Waals surface area contributed by atoms with Crippen LogP contribution in [0.5, 0.6) is 0 Å². The summed E-state index contributed by atoms with van der Waals surface area (Å²) in [5.74, 6) is -0.981. The van der Waals surface area contributed by atoms with Crippen LogP contribution in [0, 0.1) is 13.5 Å². The first-order chi connectivity index (χ1) is 4.18. The Hall–Kier alpha value is 0.138. The molecule has 0 saturated carbocycles. The van der Waals surface area contributed by atoms with Crippen molar-refractivity contribution < 1.29 is 33.1 Å². The summed E-state index contributed by atoms with van der Waals surface area (Å²) < 4.78 is 8.22. The third kappa shape index (κ3) is 11.0. The third-order valence-electron chi connectivity index (χ3n) is 0.445. The molecule has 0 unspecified atom stereocenters. The van der Waals surface area contributed by atoms with Gasteiger partial charge in [-0.25, -0.2) is 18.7 Å². The van der Waals surface area contributed by atoms with Crippen LogP contribution in [-0.4, -0.2) is 16.8 Å². The summed E-state index contributed by atoms with van der Waals surface area (Å²) in [7, 11) is 0. The Morgan fingerprint density at radius 1 is 1.70 bits per heavy atom. The monoisotopic (exact) mass is 346 g/mol. The average molecular weight is 346 g/mol. The van der Waals surface area contributed by atoms with Crippen LogP contribution in [0.1, 0.15) is 0 Å². The molecular formula is C4H9NO3PtS-2. The average Bonchev–Trinajstić information content (AvgIpc) is 1.91. The van der Waals surface area contributed by atoms with Gasteiger partial charge in [0.2, 0.25) is 0 Å². The number of nitrogens with two attached hydrogens (primary N) is 1. The molecule has 0 aliphatic heterocycles. The zero-order valence-corrected chi connectivity index (χ0v) is 8.48. The van der Waals surface area contributed by atoms with Crippen molar-refractivity contribution in [3.63, 3.8) is 0 Å². The van der Waals surface area contributed by atoms with Crippen LogP contribution in [0.25, 0.3) is 0 Å². The number of hydrogen-bond donors (Lipinski definition) is 3. The molecule has 66 valence electrons. The number of carbonyl (C=O) groups is 1. The van der Waals surface area contributed by atoms with E-state index in [1.165, 1.54) is 0 Å². The second-order valence-electron chi connectivity index (χ2n) is 0.989. The quantitative estimate of drug-likeness (QED) is 0.479. The van der Waals surface area contributed by atoms with Crippen LogP contribution in [0.3, 0.4) is 0 Å². The van der Waals surface area contributed by atoms with Gasteiger partial charge in [-0.3, -0.25) is 4.79 Å². The van der Waals surface area contributed by atoms with E-state index in [0.29, 0.717) is 0 Å². The summed E-state index contributed by atoms with van der Waals surface area (Å²) in [6.45, 7) is 0. The maximum absolute atomic E-state index is 9.72. The van der Waals surface area contributed by atoms with E-state index in [1.807, 2.05) is 0 Å². The number of rotatable bonds is 2. The van der Waals surface area contributed by atoms with Gasteiger partial charge in [-0.1, -0.05) is 5.75 Å². The predicted octanol–water partition coefficient (Wildman–Crippen LogP) is -0.180. The van der Waals surface area contributed by atoms with Crippen molar-refractivity contribution in [2.24, 2.45) is 5.73 Å². The molecule has 0 aromatic heterocycles. The number of aliphatic carboxylic acids is 1. The van der Waals surface area contributed by atoms with Crippen molar-refractivity contribution in [1.82, 2.24) is 0 Å². The first-order valence-corrected chi connectivity index (χ1v) is 3.33. The van der Waals surface area contributed by atoms with E-state index in [-0.39, 0.29) is 19.2 Å². The SMILES string of the molecule is N[C-](CS)C(=O)O.[CH3-].[O]=[Pt]. The molecule has 0 bridgehead atoms. The van der Waals surface area contributed by atoms with E-state index in [4.69, 9.17) is 14.2 Å². The Labute approximate surface area is 76.8 Å². The number of hydrogen-bond acceptors (Lipinski definition) is 4. The van der Waals surface area contributed by atoms with E-state index in [0.717, 1.165) is 19.8 Å². The minimum absolute atomic E-state index is 0. The molecule has 0 aromatic carbocycles. The molecule has 0 radical (unpaired) electrons. The standard InChI is InChI=1S/C3H6NO2S.CH3.O.Pt/c4-2(1-7)3(5)6;;;/h7H,1,4H2,(H,5,6);1H3;;/q2*-1;;. The van der Waals surface area contributed by atoms with Gasteiger partial charge in [-0.2, -0.15) is 0 Å². The first kappa shape index (κ1) is 16.6. The van der Waals surface area contributed by atoms with Crippen molar-refractivity contribution in [3.8, 4) is 0 Å². The molecule has 0 saturated heterocycles. The Morgan fingerprint density at radius 3 is 2.00 bits per heavy atom. The molecule has 10 heavy (non-hydrogen) atoms. The normalized spacial score (nSPS) is 6.40. The summed E-state index contributed by atoms with van der Waals surface area (Å²) in [6.07, 6.45) is 0. The summed E-state index contributed by atoms with van der Waals surface area (Å²) in [5, 5.41) is 7.97. The second-order valence-corrected chi connectivity index (χ2v) is 1.30. The van der Waals surface area contributed by atoms with Gasteiger partial charge in [0, 0.05) is 0 Å². The predicted molar refractivity (Wildman–Crippen MR) is 36.0 cm³/mol. The molecule has 0 aliphatic carbocycles. The van der Waals surface area contributed by atoms with Crippen LogP contribution in [0.15, 0.2) is 0 Å². The molecule has 0 aromatic rings. The van der Waals surface area contributed by atoms with Gasteiger partial charge in [0.15, 0.2) is 5.97 Å². The van der Waals surface area contributed by atoms with Crippen LogP contribution in [0.2, 0.25) is 0 Å². The van der Waals surface area contributed by atoms with Gasteiger partial charge in [0.25, 0.3) is 0 Å². The van der Waals surface area contributed by atoms with E-state index in [9.17, 15) is 4.79 Å². The molecule has 0 aliphatic rings. The van der Waals surface area contributed by atoms with Gasteiger partial charge in [-0.05, 0) is 0 Å². The van der Waals surface area contributed by atoms with Crippen LogP contribution >= 0.6 is 12.6 Å². The summed E-state index contributed by atoms with van der Waals surface area (Å²) >= 11 is 4.50. The maximum atomic E-state index is 9.72. The van der Waals surface area contributed by atoms with Gasteiger partial charge in [-0.15, -0.1) is 0 Å². The fraction of sp³-hybridized carbons (Fsp3) is 0.250. The molecule has 0 atom stereocenters. The number of carboxylic acids is 1. The molecule has 0 fully saturated rings. The molecule has 3 N–H and O–H groups in total. The fourth-order valence-electron chi connectivity index (χ4n) is 0.0676. The van der Waals surface area contributed by atoms with Crippen molar-refractivity contribution in [1.29, 1.82) is 0 Å². The summed E-state index contributed by atoms with van der Waals surface area (Å²) in [6, 6.07) is -0.122. The molecular weight excluding hydrogens is 337 g/mol. The van der Waals surface area contributed by atoms with Crippen molar-refractivity contribution in [3.05, 3.63) is 13.5 Å². The van der Waals surface area contributed by atoms with Gasteiger partial charge in [0.1, 0.15) is 0 Å². The van der Waals surface area contributed by atoms with Crippen LogP contribution in [-0.2, 0) is 28.0 Å². The molecule has 4 nitrogen and oxygen atoms in total. The Bertz CT molecular complexity index is 92.6. The molecule has 0 rings (SSSR count). The second kappa shape index (κ2) is 11.9. The van der Waals surface area contributed by atoms with Crippen molar-refractivity contribution >= 4 is 18.6 Å². The van der Waals surface area contributed by atoms with Crippen LogP contribution < -0.4 is 5.73 Å². The van der Waals surface area contributed by atoms with Gasteiger partial charge < -0.3 is 18.3 Å². The van der Waals surface area contributed by atoms with Gasteiger partial charge in [0.05, 0.1) is 0 Å². The van der Waals surface area contributed by atoms with E-state index >= 15 is 0 Å². The Morgan fingerprint density at radius 2 is 2.00 bits per heavy atom. The van der Waals surface area contributed by atoms with E-state index < -0.39 is 5.97 Å². The Kier molecular flexibility index (Phi) is 19.7. The fourth-order valence-corrected chi connectivity index (χ4v) is 0.203. The zero-order chi connectivity index (χ0) is 7.86. The number of thiol groups is 1. The topological polar surface area (TPSA) is 80.4 Å². The van der Waals surface area contributed by atoms with Crippen LogP contribution in [0.4, 0.5) is 0 Å². The minimum atomic E-state index is -1.09. The van der Waals surface area contributed by atoms with E-state index in [1.54, 1.807) is 0 Å². The summed E-state index contributed by atoms with van der Waals surface area (Å²) in [5.41, 5.74) is 4.86. The molecule has 0 amide bonds. The zero-order valence-electron chi connectivity index (χ0n) is 5.31. The molecule has 0 spiro atoms. The third-order valence-corrected chi connectivity index (χ3v) is 0.786. The Balaban J connectivity index is -0.000000149. The first-order valence-electron chi connectivity index (χ1n) is 1.77. The van der Waals surface area contributed by atoms with E-state index in [2.05, 4.69) is 12.6 Å². The van der Waals surface area contributed by atoms with Crippen molar-refractivity contribution in [2.75, 3.05) is 5.75 Å². The van der Waals surface area contributed by atoms with Gasteiger partial charge >= 0.3 is 23.2 Å². The summed E-state index contributed by atoms with van der Waals surface area (Å²) in [4.78, 5) is 9.72. The molecule has 0 heterocycles.